The Kier molecular flexibility index (Phi) is 6.75. The molecule has 1 atom stereocenters. The standard InChI is InChI=1S/C14H23ClN4O/c1-5-6-16-13-7-11(12(15)8-17-13)14(20)18-10(2)9-19(3)4/h7-8,10H,5-6,9H2,1-4H3,(H,16,17)(H,18,20). The lowest BCUT2D eigenvalue weighted by Crippen LogP contribution is -2.39. The number of nitrogens with one attached hydrogen (secondary N) is 2. The van der Waals surface area contributed by atoms with E-state index in [9.17, 15) is 4.79 Å². The van der Waals surface area contributed by atoms with Crippen LogP contribution in [0.2, 0.25) is 5.02 Å². The maximum Gasteiger partial charge on any atom is 0.253 e. The molecule has 0 aliphatic carbocycles. The second-order valence-electron chi connectivity index (χ2n) is 5.11. The normalized spacial score (nSPS) is 12.3. The molecular weight excluding hydrogens is 276 g/mol. The molecule has 20 heavy (non-hydrogen) atoms. The third-order valence-corrected chi connectivity index (χ3v) is 2.97. The highest BCUT2D eigenvalue weighted by atomic mass is 35.5. The van der Waals surface area contributed by atoms with E-state index in [0.29, 0.717) is 16.4 Å². The molecule has 0 radical (unpaired) electrons. The number of hydrogen-bond acceptors (Lipinski definition) is 4. The second kappa shape index (κ2) is 8.07. The smallest absolute Gasteiger partial charge is 0.253 e. The molecule has 2 N–H and O–H groups in total. The van der Waals surface area contributed by atoms with Crippen molar-refractivity contribution in [1.82, 2.24) is 15.2 Å². The Labute approximate surface area is 125 Å². The topological polar surface area (TPSA) is 57.3 Å². The van der Waals surface area contributed by atoms with Crippen LogP contribution in [-0.4, -0.2) is 49.0 Å². The van der Waals surface area contributed by atoms with Crippen LogP contribution in [-0.2, 0) is 0 Å². The highest BCUT2D eigenvalue weighted by Gasteiger charge is 2.14. The van der Waals surface area contributed by atoms with Crippen LogP contribution in [0.3, 0.4) is 0 Å². The molecular formula is C14H23ClN4O. The van der Waals surface area contributed by atoms with Gasteiger partial charge < -0.3 is 15.5 Å². The number of carbonyl (C=O) groups is 1. The highest BCUT2D eigenvalue weighted by molar-refractivity contribution is 6.33. The van der Waals surface area contributed by atoms with Gasteiger partial charge >= 0.3 is 0 Å². The number of halogens is 1. The molecule has 0 saturated heterocycles. The predicted molar refractivity (Wildman–Crippen MR) is 83.5 cm³/mol. The van der Waals surface area contributed by atoms with Gasteiger partial charge in [-0.2, -0.15) is 0 Å². The average molecular weight is 299 g/mol. The summed E-state index contributed by atoms with van der Waals surface area (Å²) in [7, 11) is 3.93. The van der Waals surface area contributed by atoms with E-state index >= 15 is 0 Å². The van der Waals surface area contributed by atoms with Gasteiger partial charge in [-0.3, -0.25) is 4.79 Å². The number of carbonyl (C=O) groups excluding carboxylic acids is 1. The first-order valence-corrected chi connectivity index (χ1v) is 7.16. The van der Waals surface area contributed by atoms with Crippen molar-refractivity contribution in [3.05, 3.63) is 22.8 Å². The van der Waals surface area contributed by atoms with Gasteiger partial charge in [0.05, 0.1) is 10.6 Å². The van der Waals surface area contributed by atoms with Crippen LogP contribution >= 0.6 is 11.6 Å². The SMILES string of the molecule is CCCNc1cc(C(=O)NC(C)CN(C)C)c(Cl)cn1. The van der Waals surface area contributed by atoms with Crippen molar-refractivity contribution < 1.29 is 4.79 Å². The van der Waals surface area contributed by atoms with E-state index in [2.05, 4.69) is 22.5 Å². The van der Waals surface area contributed by atoms with E-state index in [1.807, 2.05) is 25.9 Å². The molecule has 1 rings (SSSR count). The number of aromatic nitrogens is 1. The molecule has 0 spiro atoms. The Morgan fingerprint density at radius 3 is 2.80 bits per heavy atom. The molecule has 0 aliphatic rings. The fraction of sp³-hybridized carbons (Fsp3) is 0.571. The van der Waals surface area contributed by atoms with E-state index in [-0.39, 0.29) is 11.9 Å². The molecule has 1 amide bonds. The number of pyridine rings is 1. The molecule has 1 heterocycles. The van der Waals surface area contributed by atoms with Crippen molar-refractivity contribution in [2.75, 3.05) is 32.5 Å². The van der Waals surface area contributed by atoms with Gasteiger partial charge in [0.15, 0.2) is 0 Å². The first kappa shape index (κ1) is 16.7. The summed E-state index contributed by atoms with van der Waals surface area (Å²) in [6.07, 6.45) is 2.50. The average Bonchev–Trinajstić information content (AvgIpc) is 2.36. The molecule has 1 aromatic rings. The molecule has 5 nitrogen and oxygen atoms in total. The number of likely N-dealkylation sites (N-methyl/N-ethyl adjacent to an activating group) is 1. The summed E-state index contributed by atoms with van der Waals surface area (Å²) in [5.74, 6) is 0.493. The fourth-order valence-electron chi connectivity index (χ4n) is 1.86. The summed E-state index contributed by atoms with van der Waals surface area (Å²) in [5, 5.41) is 6.44. The number of nitrogens with zero attached hydrogens (tertiary/aromatic N) is 2. The first-order valence-electron chi connectivity index (χ1n) is 6.79. The molecule has 0 aromatic carbocycles. The number of anilines is 1. The minimum Gasteiger partial charge on any atom is -0.370 e. The summed E-state index contributed by atoms with van der Waals surface area (Å²) in [4.78, 5) is 18.4. The lowest BCUT2D eigenvalue weighted by molar-refractivity contribution is 0.0934. The Balaban J connectivity index is 2.75. The van der Waals surface area contributed by atoms with Gasteiger partial charge in [0.25, 0.3) is 5.91 Å². The molecule has 0 aliphatic heterocycles. The summed E-state index contributed by atoms with van der Waals surface area (Å²) >= 11 is 6.05. The molecule has 1 unspecified atom stereocenters. The summed E-state index contributed by atoms with van der Waals surface area (Å²) < 4.78 is 0. The minimum absolute atomic E-state index is 0.0498. The second-order valence-corrected chi connectivity index (χ2v) is 5.52. The van der Waals surface area contributed by atoms with Crippen LogP contribution in [0.4, 0.5) is 5.82 Å². The van der Waals surface area contributed by atoms with E-state index < -0.39 is 0 Å². The quantitative estimate of drug-likeness (QED) is 0.810. The molecule has 112 valence electrons. The van der Waals surface area contributed by atoms with Crippen LogP contribution in [0.15, 0.2) is 12.3 Å². The highest BCUT2D eigenvalue weighted by Crippen LogP contribution is 2.18. The van der Waals surface area contributed by atoms with Crippen molar-refractivity contribution in [2.24, 2.45) is 0 Å². The molecule has 1 aromatic heterocycles. The molecule has 0 saturated carbocycles. The largest absolute Gasteiger partial charge is 0.370 e. The lowest BCUT2D eigenvalue weighted by atomic mass is 10.2. The number of amides is 1. The Bertz CT molecular complexity index is 451. The van der Waals surface area contributed by atoms with Crippen LogP contribution in [0, 0.1) is 0 Å². The van der Waals surface area contributed by atoms with Gasteiger partial charge in [-0.05, 0) is 33.5 Å². The van der Waals surface area contributed by atoms with Gasteiger partial charge in [0.1, 0.15) is 5.82 Å². The number of hydrogen-bond donors (Lipinski definition) is 2. The zero-order valence-corrected chi connectivity index (χ0v) is 13.3. The third-order valence-electron chi connectivity index (χ3n) is 2.67. The van der Waals surface area contributed by atoms with E-state index in [1.54, 1.807) is 6.07 Å². The summed E-state index contributed by atoms with van der Waals surface area (Å²) in [6.45, 7) is 5.62. The van der Waals surface area contributed by atoms with Crippen molar-refractivity contribution >= 4 is 23.3 Å². The van der Waals surface area contributed by atoms with Crippen LogP contribution in [0.1, 0.15) is 30.6 Å². The summed E-state index contributed by atoms with van der Waals surface area (Å²) in [6, 6.07) is 1.74. The zero-order chi connectivity index (χ0) is 15.1. The van der Waals surface area contributed by atoms with Crippen molar-refractivity contribution in [3.63, 3.8) is 0 Å². The maximum absolute atomic E-state index is 12.2. The Morgan fingerprint density at radius 1 is 1.50 bits per heavy atom. The van der Waals surface area contributed by atoms with E-state index in [1.165, 1.54) is 6.20 Å². The van der Waals surface area contributed by atoms with Gasteiger partial charge in [-0.25, -0.2) is 4.98 Å². The molecule has 6 heteroatoms. The van der Waals surface area contributed by atoms with E-state index in [0.717, 1.165) is 19.5 Å². The van der Waals surface area contributed by atoms with Gasteiger partial charge in [0, 0.05) is 25.3 Å². The van der Waals surface area contributed by atoms with Crippen molar-refractivity contribution in [1.29, 1.82) is 0 Å². The Morgan fingerprint density at radius 2 is 2.20 bits per heavy atom. The van der Waals surface area contributed by atoms with Gasteiger partial charge in [0.2, 0.25) is 0 Å². The summed E-state index contributed by atoms with van der Waals surface area (Å²) in [5.41, 5.74) is 0.450. The zero-order valence-electron chi connectivity index (χ0n) is 12.5. The van der Waals surface area contributed by atoms with Crippen LogP contribution in [0.5, 0.6) is 0 Å². The lowest BCUT2D eigenvalue weighted by Gasteiger charge is -2.18. The van der Waals surface area contributed by atoms with Crippen LogP contribution < -0.4 is 10.6 Å². The van der Waals surface area contributed by atoms with Gasteiger partial charge in [-0.15, -0.1) is 0 Å². The van der Waals surface area contributed by atoms with Crippen molar-refractivity contribution in [2.45, 2.75) is 26.3 Å². The maximum atomic E-state index is 12.2. The first-order chi connectivity index (χ1) is 9.43. The van der Waals surface area contributed by atoms with Gasteiger partial charge in [-0.1, -0.05) is 18.5 Å². The van der Waals surface area contributed by atoms with Crippen molar-refractivity contribution in [3.8, 4) is 0 Å². The minimum atomic E-state index is -0.175. The third kappa shape index (κ3) is 5.35. The Hall–Kier alpha value is -1.33. The molecule has 0 bridgehead atoms. The van der Waals surface area contributed by atoms with E-state index in [4.69, 9.17) is 11.6 Å². The predicted octanol–water partition coefficient (Wildman–Crippen LogP) is 2.24. The van der Waals surface area contributed by atoms with Crippen LogP contribution in [0.25, 0.3) is 0 Å². The number of rotatable bonds is 7. The molecule has 0 fully saturated rings. The fourth-order valence-corrected chi connectivity index (χ4v) is 2.05. The monoisotopic (exact) mass is 298 g/mol.